The van der Waals surface area contributed by atoms with E-state index in [0.717, 1.165) is 18.7 Å². The number of hydrogen-bond acceptors (Lipinski definition) is 6. The Morgan fingerprint density at radius 2 is 1.90 bits per heavy atom. The van der Waals surface area contributed by atoms with Crippen LogP contribution in [0.25, 0.3) is 0 Å². The van der Waals surface area contributed by atoms with Gasteiger partial charge >= 0.3 is 0 Å². The molecule has 1 saturated heterocycles. The summed E-state index contributed by atoms with van der Waals surface area (Å²) >= 11 is 0. The summed E-state index contributed by atoms with van der Waals surface area (Å²) in [7, 11) is 0. The Labute approximate surface area is 123 Å². The molecule has 1 atom stereocenters. The van der Waals surface area contributed by atoms with Gasteiger partial charge in [0.25, 0.3) is 5.95 Å². The Kier molecular flexibility index (Phi) is 4.06. The van der Waals surface area contributed by atoms with Crippen LogP contribution in [0.2, 0.25) is 0 Å². The molecule has 6 heteroatoms. The van der Waals surface area contributed by atoms with E-state index in [4.69, 9.17) is 10.3 Å². The predicted molar refractivity (Wildman–Crippen MR) is 79.1 cm³/mol. The highest BCUT2D eigenvalue weighted by molar-refractivity contribution is 5.29. The van der Waals surface area contributed by atoms with E-state index in [1.54, 1.807) is 12.1 Å². The molecule has 1 aromatic carbocycles. The molecule has 112 valence electrons. The number of aromatic nitrogens is 2. The van der Waals surface area contributed by atoms with Crippen LogP contribution in [0.4, 0.5) is 5.95 Å². The van der Waals surface area contributed by atoms with Crippen molar-refractivity contribution in [2.24, 2.45) is 5.73 Å². The predicted octanol–water partition coefficient (Wildman–Crippen LogP) is 2.01. The van der Waals surface area contributed by atoms with Crippen molar-refractivity contribution in [2.75, 3.05) is 18.0 Å². The van der Waals surface area contributed by atoms with Gasteiger partial charge in [-0.1, -0.05) is 12.1 Å². The molecule has 2 aromatic rings. The van der Waals surface area contributed by atoms with Gasteiger partial charge in [0, 0.05) is 13.1 Å². The number of benzene rings is 1. The molecule has 6 nitrogen and oxygen atoms in total. The van der Waals surface area contributed by atoms with E-state index in [1.807, 2.05) is 12.1 Å². The summed E-state index contributed by atoms with van der Waals surface area (Å²) in [5.41, 5.74) is 7.16. The van der Waals surface area contributed by atoms with Gasteiger partial charge in [-0.15, -0.1) is 0 Å². The molecule has 0 spiro atoms. The van der Waals surface area contributed by atoms with Crippen LogP contribution in [0.5, 0.6) is 5.75 Å². The first-order valence-electron chi connectivity index (χ1n) is 7.34. The highest BCUT2D eigenvalue weighted by Crippen LogP contribution is 2.21. The minimum Gasteiger partial charge on any atom is -0.508 e. The minimum atomic E-state index is -0.333. The Balaban J connectivity index is 1.65. The van der Waals surface area contributed by atoms with Gasteiger partial charge in [0.15, 0.2) is 0 Å². The topological polar surface area (TPSA) is 88.4 Å². The van der Waals surface area contributed by atoms with Gasteiger partial charge in [-0.3, -0.25) is 0 Å². The number of phenols is 1. The van der Waals surface area contributed by atoms with Crippen molar-refractivity contribution in [3.63, 3.8) is 0 Å². The fraction of sp³-hybridized carbons (Fsp3) is 0.467. The van der Waals surface area contributed by atoms with Gasteiger partial charge in [0.05, 0.1) is 6.04 Å². The zero-order valence-electron chi connectivity index (χ0n) is 11.9. The number of nitrogens with two attached hydrogens (primary N) is 1. The first kappa shape index (κ1) is 13.9. The number of anilines is 1. The van der Waals surface area contributed by atoms with Crippen molar-refractivity contribution in [2.45, 2.75) is 31.7 Å². The fourth-order valence-corrected chi connectivity index (χ4v) is 2.57. The molecule has 1 aliphatic rings. The van der Waals surface area contributed by atoms with Crippen molar-refractivity contribution in [3.8, 4) is 5.75 Å². The van der Waals surface area contributed by atoms with E-state index in [9.17, 15) is 5.11 Å². The Bertz CT molecular complexity index is 576. The summed E-state index contributed by atoms with van der Waals surface area (Å²) in [6.07, 6.45) is 4.20. The van der Waals surface area contributed by atoms with Crippen molar-refractivity contribution < 1.29 is 9.63 Å². The van der Waals surface area contributed by atoms with Gasteiger partial charge in [0.1, 0.15) is 5.75 Å². The number of rotatable bonds is 4. The zero-order valence-corrected chi connectivity index (χ0v) is 11.9. The average molecular weight is 288 g/mol. The molecule has 1 aliphatic heterocycles. The quantitative estimate of drug-likeness (QED) is 0.894. The summed E-state index contributed by atoms with van der Waals surface area (Å²) in [5.74, 6) is 1.35. The molecule has 0 radical (unpaired) electrons. The molecule has 0 bridgehead atoms. The van der Waals surface area contributed by atoms with Crippen LogP contribution < -0.4 is 10.6 Å². The number of hydrogen-bond donors (Lipinski definition) is 2. The maximum absolute atomic E-state index is 9.28. The lowest BCUT2D eigenvalue weighted by Crippen LogP contribution is -2.30. The highest BCUT2D eigenvalue weighted by Gasteiger charge is 2.20. The van der Waals surface area contributed by atoms with Gasteiger partial charge in [-0.05, 0) is 48.5 Å². The molecule has 3 N–H and O–H groups in total. The van der Waals surface area contributed by atoms with Crippen molar-refractivity contribution in [1.82, 2.24) is 10.1 Å². The summed E-state index contributed by atoms with van der Waals surface area (Å²) in [5, 5.41) is 13.3. The van der Waals surface area contributed by atoms with E-state index >= 15 is 0 Å². The smallest absolute Gasteiger partial charge is 0.266 e. The summed E-state index contributed by atoms with van der Waals surface area (Å²) in [6, 6.07) is 6.65. The molecule has 1 aromatic heterocycles. The van der Waals surface area contributed by atoms with Crippen molar-refractivity contribution in [1.29, 1.82) is 0 Å². The molecular formula is C15H20N4O2. The molecule has 1 fully saturated rings. The number of nitrogens with zero attached hydrogens (tertiary/aromatic N) is 3. The van der Waals surface area contributed by atoms with E-state index in [0.29, 0.717) is 18.3 Å². The molecule has 2 heterocycles. The van der Waals surface area contributed by atoms with E-state index < -0.39 is 0 Å². The van der Waals surface area contributed by atoms with Crippen molar-refractivity contribution >= 4 is 5.95 Å². The van der Waals surface area contributed by atoms with Gasteiger partial charge in [0.2, 0.25) is 5.89 Å². The van der Waals surface area contributed by atoms with Gasteiger partial charge in [-0.25, -0.2) is 0 Å². The molecule has 0 amide bonds. The number of phenolic OH excluding ortho intramolecular Hbond substituents is 1. The molecule has 1 unspecified atom stereocenters. The Morgan fingerprint density at radius 3 is 2.62 bits per heavy atom. The third-order valence-corrected chi connectivity index (χ3v) is 3.78. The fourth-order valence-electron chi connectivity index (χ4n) is 2.57. The average Bonchev–Trinajstić information content (AvgIpc) is 3.00. The van der Waals surface area contributed by atoms with E-state index in [2.05, 4.69) is 15.0 Å². The van der Waals surface area contributed by atoms with Crippen LogP contribution in [-0.4, -0.2) is 28.3 Å². The molecule has 21 heavy (non-hydrogen) atoms. The lowest BCUT2D eigenvalue weighted by Gasteiger charge is -2.24. The van der Waals surface area contributed by atoms with Crippen LogP contribution in [-0.2, 0) is 6.42 Å². The van der Waals surface area contributed by atoms with Gasteiger partial charge < -0.3 is 20.3 Å². The number of aromatic hydroxyl groups is 1. The maximum Gasteiger partial charge on any atom is 0.266 e. The second-order valence-corrected chi connectivity index (χ2v) is 5.46. The molecule has 0 saturated carbocycles. The monoisotopic (exact) mass is 288 g/mol. The van der Waals surface area contributed by atoms with E-state index in [-0.39, 0.29) is 11.8 Å². The zero-order chi connectivity index (χ0) is 14.7. The molecule has 3 rings (SSSR count). The maximum atomic E-state index is 9.28. The van der Waals surface area contributed by atoms with Crippen LogP contribution in [0.3, 0.4) is 0 Å². The standard InChI is InChI=1S/C15H20N4O2/c16-13(10-11-4-6-12(20)7-5-11)14-17-15(18-21-14)19-8-2-1-3-9-19/h4-7,13,20H,1-3,8-10,16H2. The van der Waals surface area contributed by atoms with E-state index in [1.165, 1.54) is 19.3 Å². The first-order valence-corrected chi connectivity index (χ1v) is 7.34. The van der Waals surface area contributed by atoms with Crippen LogP contribution in [0.15, 0.2) is 28.8 Å². The second-order valence-electron chi connectivity index (χ2n) is 5.46. The summed E-state index contributed by atoms with van der Waals surface area (Å²) < 4.78 is 5.30. The lowest BCUT2D eigenvalue weighted by atomic mass is 10.1. The first-order chi connectivity index (χ1) is 10.2. The summed E-state index contributed by atoms with van der Waals surface area (Å²) in [4.78, 5) is 6.56. The van der Waals surface area contributed by atoms with Crippen molar-refractivity contribution in [3.05, 3.63) is 35.7 Å². The summed E-state index contributed by atoms with van der Waals surface area (Å²) in [6.45, 7) is 1.96. The third kappa shape index (κ3) is 3.33. The largest absolute Gasteiger partial charge is 0.508 e. The Hall–Kier alpha value is -2.08. The third-order valence-electron chi connectivity index (χ3n) is 3.78. The highest BCUT2D eigenvalue weighted by atomic mass is 16.5. The van der Waals surface area contributed by atoms with Crippen LogP contribution in [0, 0.1) is 0 Å². The molecular weight excluding hydrogens is 268 g/mol. The SMILES string of the molecule is NC(Cc1ccc(O)cc1)c1nc(N2CCCCC2)no1. The normalized spacial score (nSPS) is 16.9. The van der Waals surface area contributed by atoms with Crippen LogP contribution in [0.1, 0.15) is 36.8 Å². The molecule has 0 aliphatic carbocycles. The number of piperidine rings is 1. The second kappa shape index (κ2) is 6.13. The Morgan fingerprint density at radius 1 is 1.19 bits per heavy atom. The minimum absolute atomic E-state index is 0.248. The van der Waals surface area contributed by atoms with Gasteiger partial charge in [-0.2, -0.15) is 4.98 Å². The van der Waals surface area contributed by atoms with Crippen LogP contribution >= 0.6 is 0 Å². The lowest BCUT2D eigenvalue weighted by molar-refractivity contribution is 0.352.